The quantitative estimate of drug-likeness (QED) is 0.527. The van der Waals surface area contributed by atoms with Crippen molar-refractivity contribution in [1.29, 1.82) is 0 Å². The minimum Gasteiger partial charge on any atom is -0.481 e. The van der Waals surface area contributed by atoms with Crippen molar-refractivity contribution >= 4 is 23.6 Å². The Morgan fingerprint density at radius 2 is 2.00 bits per heavy atom. The van der Waals surface area contributed by atoms with E-state index in [0.717, 1.165) is 36.1 Å². The van der Waals surface area contributed by atoms with E-state index in [-0.39, 0.29) is 30.7 Å². The van der Waals surface area contributed by atoms with Gasteiger partial charge in [0.25, 0.3) is 5.91 Å². The summed E-state index contributed by atoms with van der Waals surface area (Å²) in [4.78, 5) is 35.1. The number of rotatable bonds is 6. The second kappa shape index (κ2) is 9.70. The Labute approximate surface area is 214 Å². The number of nitrogens with one attached hydrogen (secondary N) is 2. The summed E-state index contributed by atoms with van der Waals surface area (Å²) in [5.41, 5.74) is 3.04. The van der Waals surface area contributed by atoms with Gasteiger partial charge in [0.1, 0.15) is 11.9 Å². The number of hydrogen-bond donors (Lipinski definition) is 2. The molecule has 0 radical (unpaired) electrons. The molecule has 2 N–H and O–H groups in total. The first-order chi connectivity index (χ1) is 18.1. The number of anilines is 2. The van der Waals surface area contributed by atoms with Crippen LogP contribution in [0.5, 0.6) is 11.6 Å². The third kappa shape index (κ3) is 4.67. The summed E-state index contributed by atoms with van der Waals surface area (Å²) in [5, 5.41) is 6.33. The van der Waals surface area contributed by atoms with Crippen molar-refractivity contribution in [3.8, 4) is 22.9 Å². The zero-order chi connectivity index (χ0) is 25.4. The van der Waals surface area contributed by atoms with Crippen LogP contribution in [0.2, 0.25) is 0 Å². The molecule has 4 heterocycles. The van der Waals surface area contributed by atoms with Crippen LogP contribution in [0.4, 0.5) is 16.4 Å². The molecule has 2 aliphatic heterocycles. The second-order valence-electron chi connectivity index (χ2n) is 9.37. The van der Waals surface area contributed by atoms with Crippen molar-refractivity contribution < 1.29 is 23.8 Å². The van der Waals surface area contributed by atoms with E-state index in [4.69, 9.17) is 14.2 Å². The van der Waals surface area contributed by atoms with Gasteiger partial charge in [-0.3, -0.25) is 9.69 Å². The third-order valence-electron chi connectivity index (χ3n) is 6.99. The zero-order valence-electron chi connectivity index (χ0n) is 20.3. The lowest BCUT2D eigenvalue weighted by Crippen LogP contribution is -2.46. The highest BCUT2D eigenvalue weighted by atomic mass is 16.6. The molecule has 2 amide bonds. The van der Waals surface area contributed by atoms with Gasteiger partial charge in [-0.1, -0.05) is 24.3 Å². The average molecular weight is 502 g/mol. The summed E-state index contributed by atoms with van der Waals surface area (Å²) in [5.74, 6) is 1.59. The van der Waals surface area contributed by atoms with Gasteiger partial charge in [-0.15, -0.1) is 0 Å². The maximum absolute atomic E-state index is 12.8. The molecule has 0 spiro atoms. The topological polar surface area (TPSA) is 115 Å². The summed E-state index contributed by atoms with van der Waals surface area (Å²) in [6.07, 6.45) is 1.76. The van der Waals surface area contributed by atoms with Gasteiger partial charge in [0.2, 0.25) is 5.88 Å². The third-order valence-corrected chi connectivity index (χ3v) is 6.99. The lowest BCUT2D eigenvalue weighted by molar-refractivity contribution is -0.118. The van der Waals surface area contributed by atoms with E-state index in [0.29, 0.717) is 29.8 Å². The number of carbonyl (C=O) groups is 2. The fourth-order valence-corrected chi connectivity index (χ4v) is 5.19. The SMILES string of the molecule is COc1cccc(-c2cccc(CN[C@H]3CCC4[C@H](C3)OC(=O)N4c3ccc4c(n3)NC(=O)CO4)c2)n1. The Balaban J connectivity index is 1.10. The molecule has 1 aromatic carbocycles. The Bertz CT molecular complexity index is 1350. The summed E-state index contributed by atoms with van der Waals surface area (Å²) in [6, 6.07) is 17.6. The molecule has 3 atom stereocenters. The van der Waals surface area contributed by atoms with Crippen molar-refractivity contribution in [3.05, 3.63) is 60.2 Å². The largest absolute Gasteiger partial charge is 0.481 e. The molecule has 3 aliphatic rings. The number of aromatic nitrogens is 2. The Morgan fingerprint density at radius 3 is 2.89 bits per heavy atom. The van der Waals surface area contributed by atoms with Crippen LogP contribution in [0.1, 0.15) is 24.8 Å². The normalized spacial score (nSPS) is 22.4. The molecule has 37 heavy (non-hydrogen) atoms. The Morgan fingerprint density at radius 1 is 1.11 bits per heavy atom. The average Bonchev–Trinajstić information content (AvgIpc) is 3.26. The van der Waals surface area contributed by atoms with Gasteiger partial charge in [-0.25, -0.2) is 14.8 Å². The summed E-state index contributed by atoms with van der Waals surface area (Å²) in [6.45, 7) is 0.657. The highest BCUT2D eigenvalue weighted by molar-refractivity contribution is 5.95. The van der Waals surface area contributed by atoms with Crippen LogP contribution >= 0.6 is 0 Å². The van der Waals surface area contributed by atoms with Crippen LogP contribution in [-0.4, -0.2) is 53.9 Å². The number of benzene rings is 1. The summed E-state index contributed by atoms with van der Waals surface area (Å²) in [7, 11) is 1.61. The van der Waals surface area contributed by atoms with Gasteiger partial charge >= 0.3 is 6.09 Å². The maximum atomic E-state index is 12.8. The van der Waals surface area contributed by atoms with Crippen LogP contribution in [0.3, 0.4) is 0 Å². The molecule has 3 aromatic rings. The van der Waals surface area contributed by atoms with Gasteiger partial charge in [-0.2, -0.15) is 0 Å². The fourth-order valence-electron chi connectivity index (χ4n) is 5.19. The molecule has 1 unspecified atom stereocenters. The molecule has 6 rings (SSSR count). The number of carbonyl (C=O) groups excluding carboxylic acids is 2. The summed E-state index contributed by atoms with van der Waals surface area (Å²) < 4.78 is 16.4. The van der Waals surface area contributed by atoms with Gasteiger partial charge in [0.15, 0.2) is 18.2 Å². The van der Waals surface area contributed by atoms with Crippen molar-refractivity contribution in [2.45, 2.75) is 44.0 Å². The molecule has 1 aliphatic carbocycles. The van der Waals surface area contributed by atoms with Crippen molar-refractivity contribution in [1.82, 2.24) is 15.3 Å². The smallest absolute Gasteiger partial charge is 0.416 e. The molecule has 2 fully saturated rings. The molecule has 0 bridgehead atoms. The monoisotopic (exact) mass is 501 g/mol. The van der Waals surface area contributed by atoms with E-state index in [1.807, 2.05) is 30.3 Å². The van der Waals surface area contributed by atoms with E-state index in [9.17, 15) is 9.59 Å². The molecule has 190 valence electrons. The zero-order valence-corrected chi connectivity index (χ0v) is 20.3. The van der Waals surface area contributed by atoms with E-state index in [1.54, 1.807) is 24.1 Å². The Hall–Kier alpha value is -4.18. The molecule has 1 saturated heterocycles. The van der Waals surface area contributed by atoms with Crippen molar-refractivity contribution in [2.24, 2.45) is 0 Å². The number of nitrogens with zero attached hydrogens (tertiary/aromatic N) is 3. The van der Waals surface area contributed by atoms with E-state index in [1.165, 1.54) is 0 Å². The van der Waals surface area contributed by atoms with E-state index < -0.39 is 6.09 Å². The standard InChI is InChI=1S/C27H27N5O5/c1-35-25-7-3-6-19(29-25)17-5-2-4-16(12-17)14-28-18-8-9-20-22(13-18)37-27(34)32(20)23-11-10-21-26(30-23)31-24(33)15-36-21/h2-7,10-12,18,20,22,28H,8-9,13-15H2,1H3,(H,30,31,33)/t18-,20?,22-/m0/s1. The molecular formula is C27H27N5O5. The summed E-state index contributed by atoms with van der Waals surface area (Å²) >= 11 is 0. The molecular weight excluding hydrogens is 474 g/mol. The Kier molecular flexibility index (Phi) is 6.09. The minimum absolute atomic E-state index is 0.0406. The fraction of sp³-hybridized carbons (Fsp3) is 0.333. The van der Waals surface area contributed by atoms with Crippen LogP contribution in [0.25, 0.3) is 11.3 Å². The first-order valence-corrected chi connectivity index (χ1v) is 12.3. The molecule has 1 saturated carbocycles. The van der Waals surface area contributed by atoms with Crippen molar-refractivity contribution in [3.63, 3.8) is 0 Å². The number of fused-ring (bicyclic) bond motifs is 2. The lowest BCUT2D eigenvalue weighted by atomic mass is 9.88. The van der Waals surface area contributed by atoms with Gasteiger partial charge in [0, 0.05) is 30.6 Å². The lowest BCUT2D eigenvalue weighted by Gasteiger charge is -2.33. The predicted octanol–water partition coefficient (Wildman–Crippen LogP) is 3.52. The highest BCUT2D eigenvalue weighted by Crippen LogP contribution is 2.37. The molecule has 2 aromatic heterocycles. The second-order valence-corrected chi connectivity index (χ2v) is 9.37. The number of amides is 2. The first kappa shape index (κ1) is 23.2. The van der Waals surface area contributed by atoms with Crippen LogP contribution in [0.15, 0.2) is 54.6 Å². The van der Waals surface area contributed by atoms with E-state index >= 15 is 0 Å². The molecule has 10 heteroatoms. The van der Waals surface area contributed by atoms with Gasteiger partial charge in [0.05, 0.1) is 18.8 Å². The van der Waals surface area contributed by atoms with E-state index in [2.05, 4.69) is 32.7 Å². The number of ether oxygens (including phenoxy) is 3. The number of hydrogen-bond acceptors (Lipinski definition) is 8. The number of methoxy groups -OCH3 is 1. The van der Waals surface area contributed by atoms with Gasteiger partial charge < -0.3 is 24.8 Å². The van der Waals surface area contributed by atoms with Gasteiger partial charge in [-0.05, 0) is 42.7 Å². The predicted molar refractivity (Wildman–Crippen MR) is 136 cm³/mol. The highest BCUT2D eigenvalue weighted by Gasteiger charge is 2.46. The maximum Gasteiger partial charge on any atom is 0.416 e. The van der Waals surface area contributed by atoms with Crippen LogP contribution < -0.4 is 25.0 Å². The van der Waals surface area contributed by atoms with Crippen molar-refractivity contribution in [2.75, 3.05) is 23.9 Å². The minimum atomic E-state index is -0.412. The number of pyridine rings is 2. The van der Waals surface area contributed by atoms with Crippen LogP contribution in [-0.2, 0) is 16.1 Å². The van der Waals surface area contributed by atoms with Crippen LogP contribution in [0, 0.1) is 0 Å². The molecule has 10 nitrogen and oxygen atoms in total. The first-order valence-electron chi connectivity index (χ1n) is 12.3.